The summed E-state index contributed by atoms with van der Waals surface area (Å²) in [6, 6.07) is 7.08. The van der Waals surface area contributed by atoms with Crippen LogP contribution in [0.4, 0.5) is 5.69 Å². The van der Waals surface area contributed by atoms with E-state index in [1.807, 2.05) is 6.92 Å². The van der Waals surface area contributed by atoms with Crippen LogP contribution in [0.1, 0.15) is 31.7 Å². The van der Waals surface area contributed by atoms with Gasteiger partial charge in [-0.1, -0.05) is 22.0 Å². The van der Waals surface area contributed by atoms with E-state index in [-0.39, 0.29) is 5.91 Å². The molecule has 1 unspecified atom stereocenters. The molecule has 0 aromatic heterocycles. The molecule has 5 heteroatoms. The number of nitrogens with zero attached hydrogens (tertiary/aromatic N) is 1. The Hall–Kier alpha value is -1.07. The van der Waals surface area contributed by atoms with Gasteiger partial charge in [0, 0.05) is 35.8 Å². The fraction of sp³-hybridized carbons (Fsp3) is 0.562. The lowest BCUT2D eigenvalue weighted by atomic mass is 9.89. The molecule has 4 nitrogen and oxygen atoms in total. The highest BCUT2D eigenvalue weighted by Crippen LogP contribution is 2.36. The number of carbonyl (C=O) groups excluding carboxylic acids is 1. The lowest BCUT2D eigenvalue weighted by Gasteiger charge is -2.25. The Morgan fingerprint density at radius 2 is 2.29 bits per heavy atom. The molecule has 1 saturated heterocycles. The molecule has 1 saturated carbocycles. The SMILES string of the molecule is CC1(C(N)=O)CCN(c2cc(Br)ccc2CNC2CC2)C1. The summed E-state index contributed by atoms with van der Waals surface area (Å²) >= 11 is 3.55. The quantitative estimate of drug-likeness (QED) is 0.856. The zero-order valence-corrected chi connectivity index (χ0v) is 13.9. The number of carbonyl (C=O) groups is 1. The number of rotatable bonds is 5. The van der Waals surface area contributed by atoms with E-state index in [1.54, 1.807) is 0 Å². The van der Waals surface area contributed by atoms with Gasteiger partial charge in [0.1, 0.15) is 0 Å². The smallest absolute Gasteiger partial charge is 0.225 e. The molecule has 3 rings (SSSR count). The number of nitrogens with two attached hydrogens (primary N) is 1. The van der Waals surface area contributed by atoms with Crippen molar-refractivity contribution in [3.8, 4) is 0 Å². The number of hydrogen-bond acceptors (Lipinski definition) is 3. The number of primary amides is 1. The van der Waals surface area contributed by atoms with Crippen LogP contribution in [0.2, 0.25) is 0 Å². The predicted molar refractivity (Wildman–Crippen MR) is 88.1 cm³/mol. The first kappa shape index (κ1) is 14.9. The zero-order valence-electron chi connectivity index (χ0n) is 12.4. The molecule has 1 heterocycles. The van der Waals surface area contributed by atoms with Crippen LogP contribution in [0.5, 0.6) is 0 Å². The van der Waals surface area contributed by atoms with Crippen molar-refractivity contribution in [3.63, 3.8) is 0 Å². The normalized spacial score (nSPS) is 25.3. The molecule has 1 aromatic carbocycles. The van der Waals surface area contributed by atoms with Crippen molar-refractivity contribution in [1.29, 1.82) is 0 Å². The molecule has 1 atom stereocenters. The lowest BCUT2D eigenvalue weighted by Crippen LogP contribution is -2.37. The van der Waals surface area contributed by atoms with Gasteiger partial charge in [-0.15, -0.1) is 0 Å². The summed E-state index contributed by atoms with van der Waals surface area (Å²) in [5.74, 6) is -0.197. The molecule has 21 heavy (non-hydrogen) atoms. The molecule has 114 valence electrons. The van der Waals surface area contributed by atoms with E-state index in [2.05, 4.69) is 44.3 Å². The van der Waals surface area contributed by atoms with E-state index in [9.17, 15) is 4.79 Å². The minimum absolute atomic E-state index is 0.197. The van der Waals surface area contributed by atoms with Crippen molar-refractivity contribution in [1.82, 2.24) is 5.32 Å². The minimum Gasteiger partial charge on any atom is -0.370 e. The van der Waals surface area contributed by atoms with Gasteiger partial charge in [0.25, 0.3) is 0 Å². The highest BCUT2D eigenvalue weighted by atomic mass is 79.9. The largest absolute Gasteiger partial charge is 0.370 e. The van der Waals surface area contributed by atoms with Gasteiger partial charge in [-0.25, -0.2) is 0 Å². The Kier molecular flexibility index (Phi) is 3.97. The first-order valence-electron chi connectivity index (χ1n) is 7.55. The summed E-state index contributed by atoms with van der Waals surface area (Å²) in [5, 5.41) is 3.57. The topological polar surface area (TPSA) is 58.4 Å². The van der Waals surface area contributed by atoms with Crippen molar-refractivity contribution < 1.29 is 4.79 Å². The fourth-order valence-corrected chi connectivity index (χ4v) is 3.24. The second-order valence-corrected chi connectivity index (χ2v) is 7.44. The van der Waals surface area contributed by atoms with Gasteiger partial charge in [0.05, 0.1) is 5.41 Å². The van der Waals surface area contributed by atoms with Crippen LogP contribution in [-0.4, -0.2) is 25.0 Å². The van der Waals surface area contributed by atoms with Crippen LogP contribution in [0, 0.1) is 5.41 Å². The Labute approximate surface area is 134 Å². The Morgan fingerprint density at radius 1 is 1.52 bits per heavy atom. The Bertz CT molecular complexity index is 558. The average molecular weight is 352 g/mol. The zero-order chi connectivity index (χ0) is 15.0. The minimum atomic E-state index is -0.413. The van der Waals surface area contributed by atoms with Crippen molar-refractivity contribution in [2.24, 2.45) is 11.1 Å². The number of nitrogens with one attached hydrogen (secondary N) is 1. The number of hydrogen-bond donors (Lipinski definition) is 2. The maximum Gasteiger partial charge on any atom is 0.225 e. The van der Waals surface area contributed by atoms with E-state index in [4.69, 9.17) is 5.73 Å². The van der Waals surface area contributed by atoms with Crippen LogP contribution in [0.25, 0.3) is 0 Å². The molecule has 0 radical (unpaired) electrons. The van der Waals surface area contributed by atoms with Gasteiger partial charge in [0.2, 0.25) is 5.91 Å². The Balaban J connectivity index is 1.80. The van der Waals surface area contributed by atoms with E-state index >= 15 is 0 Å². The van der Waals surface area contributed by atoms with Crippen molar-refractivity contribution in [2.45, 2.75) is 38.8 Å². The van der Waals surface area contributed by atoms with Gasteiger partial charge in [-0.3, -0.25) is 4.79 Å². The second kappa shape index (κ2) is 5.61. The molecule has 0 spiro atoms. The molecular formula is C16H22BrN3O. The summed E-state index contributed by atoms with van der Waals surface area (Å²) in [4.78, 5) is 13.9. The highest BCUT2D eigenvalue weighted by molar-refractivity contribution is 9.10. The molecule has 1 aromatic rings. The van der Waals surface area contributed by atoms with Crippen LogP contribution in [0.15, 0.2) is 22.7 Å². The maximum atomic E-state index is 11.6. The summed E-state index contributed by atoms with van der Waals surface area (Å²) in [7, 11) is 0. The van der Waals surface area contributed by atoms with Gasteiger partial charge in [-0.2, -0.15) is 0 Å². The lowest BCUT2D eigenvalue weighted by molar-refractivity contribution is -0.125. The van der Waals surface area contributed by atoms with Crippen molar-refractivity contribution in [3.05, 3.63) is 28.2 Å². The predicted octanol–water partition coefficient (Wildman–Crippen LogP) is 2.40. The third-order valence-electron chi connectivity index (χ3n) is 4.61. The van der Waals surface area contributed by atoms with Crippen LogP contribution in [-0.2, 0) is 11.3 Å². The second-order valence-electron chi connectivity index (χ2n) is 6.52. The van der Waals surface area contributed by atoms with Gasteiger partial charge in [0.15, 0.2) is 0 Å². The average Bonchev–Trinajstić information content (AvgIpc) is 3.18. The standard InChI is InChI=1S/C16H22BrN3O/c1-16(15(18)21)6-7-20(10-16)14-8-12(17)3-2-11(14)9-19-13-4-5-13/h2-3,8,13,19H,4-7,9-10H2,1H3,(H2,18,21). The van der Waals surface area contributed by atoms with E-state index < -0.39 is 5.41 Å². The van der Waals surface area contributed by atoms with Gasteiger partial charge < -0.3 is 16.0 Å². The van der Waals surface area contributed by atoms with E-state index in [0.29, 0.717) is 12.6 Å². The monoisotopic (exact) mass is 351 g/mol. The molecule has 1 aliphatic carbocycles. The summed E-state index contributed by atoms with van der Waals surface area (Å²) in [5.41, 5.74) is 7.65. The third kappa shape index (κ3) is 3.24. The third-order valence-corrected chi connectivity index (χ3v) is 5.11. The molecule has 3 N–H and O–H groups in total. The van der Waals surface area contributed by atoms with Crippen LogP contribution >= 0.6 is 15.9 Å². The fourth-order valence-electron chi connectivity index (χ4n) is 2.89. The number of benzene rings is 1. The van der Waals surface area contributed by atoms with E-state index in [0.717, 1.165) is 24.0 Å². The molecule has 2 fully saturated rings. The van der Waals surface area contributed by atoms with Gasteiger partial charge in [-0.05, 0) is 43.9 Å². The molecule has 1 amide bonds. The van der Waals surface area contributed by atoms with Crippen LogP contribution in [0.3, 0.4) is 0 Å². The first-order valence-corrected chi connectivity index (χ1v) is 8.34. The summed E-state index contributed by atoms with van der Waals surface area (Å²) < 4.78 is 1.07. The van der Waals surface area contributed by atoms with Crippen molar-refractivity contribution >= 4 is 27.5 Å². The number of amides is 1. The summed E-state index contributed by atoms with van der Waals surface area (Å²) in [6.07, 6.45) is 3.40. The molecule has 2 aliphatic rings. The Morgan fingerprint density at radius 3 is 2.90 bits per heavy atom. The molecule has 0 bridgehead atoms. The maximum absolute atomic E-state index is 11.6. The van der Waals surface area contributed by atoms with Crippen molar-refractivity contribution in [2.75, 3.05) is 18.0 Å². The number of anilines is 1. The van der Waals surface area contributed by atoms with Crippen LogP contribution < -0.4 is 16.0 Å². The van der Waals surface area contributed by atoms with E-state index in [1.165, 1.54) is 24.1 Å². The molecular weight excluding hydrogens is 330 g/mol. The molecule has 1 aliphatic heterocycles. The summed E-state index contributed by atoms with van der Waals surface area (Å²) in [6.45, 7) is 4.44. The number of halogens is 1. The highest BCUT2D eigenvalue weighted by Gasteiger charge is 2.39. The van der Waals surface area contributed by atoms with Gasteiger partial charge >= 0.3 is 0 Å². The first-order chi connectivity index (χ1) is 9.98.